The van der Waals surface area contributed by atoms with Gasteiger partial charge in [-0.15, -0.1) is 0 Å². The lowest BCUT2D eigenvalue weighted by Gasteiger charge is -2.58. The molecule has 0 aromatic rings. The molecule has 0 bridgehead atoms. The van der Waals surface area contributed by atoms with Crippen LogP contribution < -0.4 is 0 Å². The zero-order valence-corrected chi connectivity index (χ0v) is 20.7. The molecule has 4 heteroatoms. The van der Waals surface area contributed by atoms with E-state index in [0.29, 0.717) is 30.6 Å². The van der Waals surface area contributed by atoms with Crippen LogP contribution in [-0.2, 0) is 14.3 Å². The maximum Gasteiger partial charge on any atom is 0.306 e. The predicted molar refractivity (Wildman–Crippen MR) is 126 cm³/mol. The van der Waals surface area contributed by atoms with Gasteiger partial charge in [0.1, 0.15) is 0 Å². The quantitative estimate of drug-likeness (QED) is 0.409. The molecule has 0 aromatic heterocycles. The molecule has 0 unspecified atom stereocenters. The highest BCUT2D eigenvalue weighted by atomic mass is 16.6. The van der Waals surface area contributed by atoms with Gasteiger partial charge >= 0.3 is 5.97 Å². The number of hydrogen-bond donors (Lipinski definition) is 1. The number of esters is 1. The molecule has 0 spiro atoms. The van der Waals surface area contributed by atoms with Gasteiger partial charge in [-0.1, -0.05) is 51.3 Å². The second kappa shape index (κ2) is 8.42. The number of unbranched alkanes of at least 4 members (excludes halogenated alkanes) is 2. The molecule has 2 fully saturated rings. The Balaban J connectivity index is 1.66. The summed E-state index contributed by atoms with van der Waals surface area (Å²) in [6.45, 7) is 10.6. The molecule has 4 aliphatic rings. The first kappa shape index (κ1) is 23.7. The van der Waals surface area contributed by atoms with E-state index in [1.165, 1.54) is 11.1 Å². The van der Waals surface area contributed by atoms with Crippen LogP contribution in [0.3, 0.4) is 0 Å². The van der Waals surface area contributed by atoms with Crippen molar-refractivity contribution >= 4 is 11.8 Å². The molecule has 178 valence electrons. The van der Waals surface area contributed by atoms with Gasteiger partial charge in [0.2, 0.25) is 0 Å². The number of carbonyl (C=O) groups excluding carboxylic acids is 2. The normalized spacial score (nSPS) is 42.8. The first-order valence-corrected chi connectivity index (χ1v) is 12.9. The third-order valence-corrected chi connectivity index (χ3v) is 9.91. The number of ketones is 1. The fourth-order valence-corrected chi connectivity index (χ4v) is 8.15. The molecule has 0 radical (unpaired) electrons. The Morgan fingerprint density at radius 2 is 1.78 bits per heavy atom. The van der Waals surface area contributed by atoms with Gasteiger partial charge < -0.3 is 9.84 Å². The van der Waals surface area contributed by atoms with Crippen molar-refractivity contribution in [2.24, 2.45) is 28.6 Å². The van der Waals surface area contributed by atoms with Crippen LogP contribution in [0.2, 0.25) is 0 Å². The number of rotatable bonds is 6. The van der Waals surface area contributed by atoms with Gasteiger partial charge in [-0.25, -0.2) is 0 Å². The van der Waals surface area contributed by atoms with Gasteiger partial charge in [0.05, 0.1) is 6.10 Å². The monoisotopic (exact) mass is 442 g/mol. The van der Waals surface area contributed by atoms with Crippen LogP contribution in [0.4, 0.5) is 0 Å². The number of Topliss-reactive ketones (excluding diaryl/α,β-unsaturated/α-hetero) is 1. The van der Waals surface area contributed by atoms with Crippen LogP contribution in [0.15, 0.2) is 23.3 Å². The lowest BCUT2D eigenvalue weighted by atomic mass is 9.47. The van der Waals surface area contributed by atoms with E-state index in [0.717, 1.165) is 51.4 Å². The SMILES string of the molecule is CCCCCC(=O)O[C@]1(C(C)=O)CC[C@@H]2[C@@H]3C=C(C)C4=C[C@@H](O)CC[C@]4(C)[C@H]3CC[C@@]21C. The standard InChI is InChI=1S/C28H42O4/c1-6-7-8-9-25(31)32-28(19(3)29)15-12-23-21-16-18(2)24-17-20(30)10-13-26(24,4)22(21)11-14-27(23,28)5/h16-17,20-23,30H,6-15H2,1-5H3/t20-,21+,22-,23+,26+,27-,28-/m0/s1. The first-order chi connectivity index (χ1) is 15.1. The van der Waals surface area contributed by atoms with Crippen LogP contribution in [0.5, 0.6) is 0 Å². The summed E-state index contributed by atoms with van der Waals surface area (Å²) < 4.78 is 6.18. The van der Waals surface area contributed by atoms with Crippen LogP contribution in [0.1, 0.15) is 98.8 Å². The van der Waals surface area contributed by atoms with Crippen LogP contribution in [0, 0.1) is 28.6 Å². The van der Waals surface area contributed by atoms with Crippen molar-refractivity contribution in [3.05, 3.63) is 23.3 Å². The summed E-state index contributed by atoms with van der Waals surface area (Å²) in [5, 5.41) is 10.3. The summed E-state index contributed by atoms with van der Waals surface area (Å²) in [6.07, 6.45) is 12.9. The second-order valence-electron chi connectivity index (χ2n) is 11.6. The number of hydrogen-bond acceptors (Lipinski definition) is 4. The molecule has 0 heterocycles. The van der Waals surface area contributed by atoms with Crippen LogP contribution in [0.25, 0.3) is 0 Å². The van der Waals surface area contributed by atoms with Crippen molar-refractivity contribution in [2.75, 3.05) is 0 Å². The maximum absolute atomic E-state index is 13.1. The van der Waals surface area contributed by atoms with Gasteiger partial charge in [0.25, 0.3) is 0 Å². The molecule has 0 saturated heterocycles. The largest absolute Gasteiger partial charge is 0.450 e. The number of fused-ring (bicyclic) bond motifs is 5. The molecule has 0 amide bonds. The summed E-state index contributed by atoms with van der Waals surface area (Å²) >= 11 is 0. The summed E-state index contributed by atoms with van der Waals surface area (Å²) in [5.41, 5.74) is 1.41. The van der Waals surface area contributed by atoms with Crippen molar-refractivity contribution < 1.29 is 19.4 Å². The van der Waals surface area contributed by atoms with Gasteiger partial charge in [-0.3, -0.25) is 9.59 Å². The summed E-state index contributed by atoms with van der Waals surface area (Å²) in [7, 11) is 0. The highest BCUT2D eigenvalue weighted by molar-refractivity contribution is 5.89. The minimum atomic E-state index is -0.979. The number of aliphatic hydroxyl groups is 1. The highest BCUT2D eigenvalue weighted by Crippen LogP contribution is 2.68. The molecule has 0 aromatic carbocycles. The second-order valence-corrected chi connectivity index (χ2v) is 11.6. The Hall–Kier alpha value is -1.42. The first-order valence-electron chi connectivity index (χ1n) is 12.9. The Bertz CT molecular complexity index is 840. The molecule has 2 saturated carbocycles. The minimum absolute atomic E-state index is 0.0221. The Labute approximate surface area is 193 Å². The van der Waals surface area contributed by atoms with Crippen LogP contribution >= 0.6 is 0 Å². The van der Waals surface area contributed by atoms with E-state index in [-0.39, 0.29) is 28.7 Å². The van der Waals surface area contributed by atoms with E-state index >= 15 is 0 Å². The topological polar surface area (TPSA) is 63.6 Å². The summed E-state index contributed by atoms with van der Waals surface area (Å²) in [5.74, 6) is 1.08. The van der Waals surface area contributed by atoms with Gasteiger partial charge in [-0.2, -0.15) is 0 Å². The van der Waals surface area contributed by atoms with E-state index < -0.39 is 5.60 Å². The average molecular weight is 443 g/mol. The van der Waals surface area contributed by atoms with Gasteiger partial charge in [0, 0.05) is 11.8 Å². The zero-order chi connectivity index (χ0) is 23.3. The Morgan fingerprint density at radius 3 is 2.47 bits per heavy atom. The van der Waals surface area contributed by atoms with Gasteiger partial charge in [0.15, 0.2) is 11.4 Å². The van der Waals surface area contributed by atoms with Gasteiger partial charge in [-0.05, 0) is 87.5 Å². The molecule has 4 aliphatic carbocycles. The minimum Gasteiger partial charge on any atom is -0.450 e. The Kier molecular flexibility index (Phi) is 6.24. The molecular formula is C28H42O4. The average Bonchev–Trinajstić information content (AvgIpc) is 3.03. The molecule has 4 rings (SSSR count). The molecule has 1 N–H and O–H groups in total. The van der Waals surface area contributed by atoms with E-state index in [9.17, 15) is 14.7 Å². The number of allylic oxidation sites excluding steroid dienone is 3. The van der Waals surface area contributed by atoms with E-state index in [2.05, 4.69) is 39.8 Å². The number of aliphatic hydroxyl groups excluding tert-OH is 1. The van der Waals surface area contributed by atoms with Crippen molar-refractivity contribution in [1.29, 1.82) is 0 Å². The number of ether oxygens (including phenoxy) is 1. The third-order valence-electron chi connectivity index (χ3n) is 9.91. The molecule has 32 heavy (non-hydrogen) atoms. The van der Waals surface area contributed by atoms with E-state index in [1.54, 1.807) is 6.92 Å². The van der Waals surface area contributed by atoms with Crippen molar-refractivity contribution in [3.8, 4) is 0 Å². The smallest absolute Gasteiger partial charge is 0.306 e. The van der Waals surface area contributed by atoms with Crippen molar-refractivity contribution in [3.63, 3.8) is 0 Å². The Morgan fingerprint density at radius 1 is 1.06 bits per heavy atom. The van der Waals surface area contributed by atoms with E-state index in [1.807, 2.05) is 0 Å². The van der Waals surface area contributed by atoms with E-state index in [4.69, 9.17) is 4.74 Å². The number of carbonyl (C=O) groups is 2. The van der Waals surface area contributed by atoms with Crippen LogP contribution in [-0.4, -0.2) is 28.6 Å². The van der Waals surface area contributed by atoms with Crippen molar-refractivity contribution in [1.82, 2.24) is 0 Å². The predicted octanol–water partition coefficient (Wildman–Crippen LogP) is 5.93. The highest BCUT2D eigenvalue weighted by Gasteiger charge is 2.67. The molecule has 4 nitrogen and oxygen atoms in total. The molecule has 7 atom stereocenters. The fourth-order valence-electron chi connectivity index (χ4n) is 8.15. The summed E-state index contributed by atoms with van der Waals surface area (Å²) in [4.78, 5) is 25.9. The lowest BCUT2D eigenvalue weighted by Crippen LogP contribution is -2.58. The fraction of sp³-hybridized carbons (Fsp3) is 0.786. The maximum atomic E-state index is 13.1. The molecular weight excluding hydrogens is 400 g/mol. The van der Waals surface area contributed by atoms with Crippen molar-refractivity contribution in [2.45, 2.75) is 111 Å². The summed E-state index contributed by atoms with van der Waals surface area (Å²) in [6, 6.07) is 0. The zero-order valence-electron chi connectivity index (χ0n) is 20.7. The lowest BCUT2D eigenvalue weighted by molar-refractivity contribution is -0.187. The molecule has 0 aliphatic heterocycles. The third kappa shape index (κ3) is 3.43.